The molecule has 0 fully saturated rings. The summed E-state index contributed by atoms with van der Waals surface area (Å²) < 4.78 is 38.7. The molecule has 1 heterocycles. The molecule has 0 radical (unpaired) electrons. The molecular weight excluding hydrogens is 416 g/mol. The molecule has 0 unspecified atom stereocenters. The van der Waals surface area contributed by atoms with Crippen molar-refractivity contribution in [3.63, 3.8) is 0 Å². The Balaban J connectivity index is 2.16. The lowest BCUT2D eigenvalue weighted by molar-refractivity contribution is -0.137. The summed E-state index contributed by atoms with van der Waals surface area (Å²) in [4.78, 5) is 8.44. The van der Waals surface area contributed by atoms with Crippen LogP contribution in [0.25, 0.3) is 22.3 Å². The monoisotopic (exact) mass is 420 g/mol. The van der Waals surface area contributed by atoms with E-state index < -0.39 is 11.7 Å². The van der Waals surface area contributed by atoms with Crippen LogP contribution in [0.5, 0.6) is 0 Å². The SMILES string of the molecule is FC(F)(F)c1cc(Br)c2nc(-c3ccc(Cl)c(Cl)c3)cnc2c1. The van der Waals surface area contributed by atoms with Gasteiger partial charge in [0.25, 0.3) is 0 Å². The first-order chi connectivity index (χ1) is 10.8. The number of fused-ring (bicyclic) bond motifs is 1. The Bertz CT molecular complexity index is 913. The van der Waals surface area contributed by atoms with Gasteiger partial charge in [0.2, 0.25) is 0 Å². The molecule has 1 aromatic heterocycles. The van der Waals surface area contributed by atoms with Crippen LogP contribution in [-0.4, -0.2) is 9.97 Å². The van der Waals surface area contributed by atoms with Crippen LogP contribution in [0.2, 0.25) is 10.0 Å². The molecule has 0 saturated carbocycles. The summed E-state index contributed by atoms with van der Waals surface area (Å²) in [6.45, 7) is 0. The van der Waals surface area contributed by atoms with E-state index >= 15 is 0 Å². The molecule has 0 bridgehead atoms. The van der Waals surface area contributed by atoms with Gasteiger partial charge in [-0.1, -0.05) is 29.3 Å². The van der Waals surface area contributed by atoms with E-state index in [9.17, 15) is 13.2 Å². The van der Waals surface area contributed by atoms with Gasteiger partial charge in [-0.3, -0.25) is 4.98 Å². The van der Waals surface area contributed by atoms with Gasteiger partial charge in [0.1, 0.15) is 5.52 Å². The third-order valence-electron chi connectivity index (χ3n) is 3.14. The fraction of sp³-hybridized carbons (Fsp3) is 0.0667. The second kappa shape index (κ2) is 5.92. The molecule has 0 spiro atoms. The van der Waals surface area contributed by atoms with Crippen LogP contribution in [0.3, 0.4) is 0 Å². The molecule has 0 aliphatic heterocycles. The van der Waals surface area contributed by atoms with Crippen molar-refractivity contribution in [3.8, 4) is 11.3 Å². The Morgan fingerprint density at radius 3 is 2.39 bits per heavy atom. The number of rotatable bonds is 1. The molecule has 23 heavy (non-hydrogen) atoms. The average molecular weight is 422 g/mol. The zero-order valence-corrected chi connectivity index (χ0v) is 14.2. The maximum absolute atomic E-state index is 12.8. The van der Waals surface area contributed by atoms with E-state index in [2.05, 4.69) is 25.9 Å². The van der Waals surface area contributed by atoms with Gasteiger partial charge in [-0.25, -0.2) is 4.98 Å². The molecule has 0 atom stereocenters. The molecule has 8 heteroatoms. The predicted octanol–water partition coefficient (Wildman–Crippen LogP) is 6.38. The summed E-state index contributed by atoms with van der Waals surface area (Å²) in [6.07, 6.45) is -3.05. The van der Waals surface area contributed by atoms with E-state index in [0.29, 0.717) is 26.8 Å². The van der Waals surface area contributed by atoms with Gasteiger partial charge >= 0.3 is 6.18 Å². The van der Waals surface area contributed by atoms with Gasteiger partial charge in [0.15, 0.2) is 0 Å². The highest BCUT2D eigenvalue weighted by molar-refractivity contribution is 9.10. The number of aromatic nitrogens is 2. The maximum Gasteiger partial charge on any atom is 0.416 e. The van der Waals surface area contributed by atoms with E-state index in [-0.39, 0.29) is 9.99 Å². The van der Waals surface area contributed by atoms with Crippen LogP contribution in [0.4, 0.5) is 13.2 Å². The Hall–Kier alpha value is -1.37. The normalized spacial score (nSPS) is 11.9. The minimum atomic E-state index is -4.44. The number of nitrogens with zero attached hydrogens (tertiary/aromatic N) is 2. The van der Waals surface area contributed by atoms with Crippen LogP contribution in [0.15, 0.2) is 41.0 Å². The molecule has 3 aromatic rings. The van der Waals surface area contributed by atoms with Gasteiger partial charge in [-0.2, -0.15) is 13.2 Å². The first kappa shape index (κ1) is 16.5. The lowest BCUT2D eigenvalue weighted by Crippen LogP contribution is -2.05. The first-order valence-electron chi connectivity index (χ1n) is 6.24. The van der Waals surface area contributed by atoms with Crippen LogP contribution in [0, 0.1) is 0 Å². The van der Waals surface area contributed by atoms with Gasteiger partial charge in [-0.05, 0) is 40.2 Å². The lowest BCUT2D eigenvalue weighted by atomic mass is 10.1. The summed E-state index contributed by atoms with van der Waals surface area (Å²) in [5, 5.41) is 0.762. The second-order valence-corrected chi connectivity index (χ2v) is 6.38. The number of alkyl halides is 3. The Labute approximate surface area is 147 Å². The molecule has 0 saturated heterocycles. The molecule has 0 N–H and O–H groups in total. The number of halogens is 6. The molecule has 0 amide bonds. The molecule has 0 aliphatic carbocycles. The van der Waals surface area contributed by atoms with E-state index in [1.165, 1.54) is 6.20 Å². The highest BCUT2D eigenvalue weighted by atomic mass is 79.9. The first-order valence-corrected chi connectivity index (χ1v) is 7.79. The van der Waals surface area contributed by atoms with Crippen molar-refractivity contribution in [1.29, 1.82) is 0 Å². The van der Waals surface area contributed by atoms with Crippen LogP contribution in [-0.2, 0) is 6.18 Å². The Kier molecular flexibility index (Phi) is 4.25. The van der Waals surface area contributed by atoms with Crippen molar-refractivity contribution in [1.82, 2.24) is 9.97 Å². The minimum Gasteiger partial charge on any atom is -0.252 e. The predicted molar refractivity (Wildman–Crippen MR) is 87.7 cm³/mol. The third kappa shape index (κ3) is 3.29. The van der Waals surface area contributed by atoms with Crippen molar-refractivity contribution in [2.75, 3.05) is 0 Å². The van der Waals surface area contributed by atoms with Crippen LogP contribution >= 0.6 is 39.1 Å². The summed E-state index contributed by atoms with van der Waals surface area (Å²) in [6, 6.07) is 6.90. The van der Waals surface area contributed by atoms with Crippen molar-refractivity contribution < 1.29 is 13.2 Å². The summed E-state index contributed by atoms with van der Waals surface area (Å²) in [5.74, 6) is 0. The van der Waals surface area contributed by atoms with Gasteiger partial charge in [0, 0.05) is 10.0 Å². The fourth-order valence-corrected chi connectivity index (χ4v) is 2.87. The number of hydrogen-bond donors (Lipinski definition) is 0. The quantitative estimate of drug-likeness (QED) is 0.455. The number of benzene rings is 2. The zero-order valence-electron chi connectivity index (χ0n) is 11.1. The molecular formula is C15H6BrCl2F3N2. The molecule has 2 aromatic carbocycles. The highest BCUT2D eigenvalue weighted by Crippen LogP contribution is 2.35. The third-order valence-corrected chi connectivity index (χ3v) is 4.49. The van der Waals surface area contributed by atoms with Gasteiger partial charge < -0.3 is 0 Å². The fourth-order valence-electron chi connectivity index (χ4n) is 2.03. The zero-order chi connectivity index (χ0) is 16.8. The number of hydrogen-bond acceptors (Lipinski definition) is 2. The van der Waals surface area contributed by atoms with Crippen molar-refractivity contribution in [2.45, 2.75) is 6.18 Å². The van der Waals surface area contributed by atoms with E-state index in [0.717, 1.165) is 12.1 Å². The average Bonchev–Trinajstić information content (AvgIpc) is 2.49. The van der Waals surface area contributed by atoms with Crippen LogP contribution in [0.1, 0.15) is 5.56 Å². The van der Waals surface area contributed by atoms with Gasteiger partial charge in [0.05, 0.1) is 33.0 Å². The van der Waals surface area contributed by atoms with E-state index in [1.807, 2.05) is 0 Å². The lowest BCUT2D eigenvalue weighted by Gasteiger charge is -2.10. The van der Waals surface area contributed by atoms with Gasteiger partial charge in [-0.15, -0.1) is 0 Å². The summed E-state index contributed by atoms with van der Waals surface area (Å²) in [7, 11) is 0. The minimum absolute atomic E-state index is 0.149. The van der Waals surface area contributed by atoms with Crippen molar-refractivity contribution >= 4 is 50.2 Å². The summed E-state index contributed by atoms with van der Waals surface area (Å²) >= 11 is 15.0. The molecule has 0 aliphatic rings. The molecule has 3 rings (SSSR count). The Morgan fingerprint density at radius 1 is 1.00 bits per heavy atom. The smallest absolute Gasteiger partial charge is 0.252 e. The Morgan fingerprint density at radius 2 is 1.74 bits per heavy atom. The van der Waals surface area contributed by atoms with E-state index in [4.69, 9.17) is 23.2 Å². The van der Waals surface area contributed by atoms with E-state index in [1.54, 1.807) is 18.2 Å². The second-order valence-electron chi connectivity index (χ2n) is 4.71. The van der Waals surface area contributed by atoms with Crippen LogP contribution < -0.4 is 0 Å². The highest BCUT2D eigenvalue weighted by Gasteiger charge is 2.31. The largest absolute Gasteiger partial charge is 0.416 e. The topological polar surface area (TPSA) is 25.8 Å². The maximum atomic E-state index is 12.8. The van der Waals surface area contributed by atoms with Crippen molar-refractivity contribution in [2.24, 2.45) is 0 Å². The molecule has 2 nitrogen and oxygen atoms in total. The summed E-state index contributed by atoms with van der Waals surface area (Å²) in [5.41, 5.74) is 0.850. The molecule has 118 valence electrons. The standard InChI is InChI=1S/C15H6BrCl2F3N2/c16-9-4-8(15(19,20)21)5-12-14(9)23-13(6-22-12)7-1-2-10(17)11(18)3-7/h1-6H. The van der Waals surface area contributed by atoms with Crippen molar-refractivity contribution in [3.05, 3.63) is 56.6 Å².